The van der Waals surface area contributed by atoms with Crippen molar-refractivity contribution in [1.29, 1.82) is 0 Å². The molecule has 1 saturated carbocycles. The SMILES string of the molecule is NC[C@@H]1O[C@H](O[C@H]2[C@@H](O)[C@H](O[C@@H]3[C@@H](O)[C@H](CC(CO)CO)C[C@H](N)[C@H]3O[C@H]3O[C@H](CNCC(O)CO)CC[C@H]3N)O[C@@H]2CO)[C@H](N)[C@@H](O)[C@@H]1O. The summed E-state index contributed by atoms with van der Waals surface area (Å²) in [5.41, 5.74) is 24.7. The molecule has 1 unspecified atom stereocenters. The van der Waals surface area contributed by atoms with Gasteiger partial charge in [-0.25, -0.2) is 0 Å². The standard InChI is InChI=1S/C30H59N5O15/c31-5-18-22(42)23(43)20(34)29(46-18)49-26-19(11-39)47-30(24(26)44)50-27-21(41)13(3-12(8-36)9-37)4-17(33)25(27)48-28-16(32)2-1-15(45-28)7-35-6-14(40)10-38/h12-30,35-44H,1-11,31-34H2/t13-,14?,15+,16-,17+,18+,19-,20-,21+,22-,23-,24-,25-,26-,27-,28-,29-,30+/m1/s1. The highest BCUT2D eigenvalue weighted by molar-refractivity contribution is 5.00. The second-order valence-electron chi connectivity index (χ2n) is 13.8. The Kier molecular flexibility index (Phi) is 16.4. The zero-order valence-corrected chi connectivity index (χ0v) is 28.0. The molecule has 20 heteroatoms. The molecule has 0 bridgehead atoms. The lowest BCUT2D eigenvalue weighted by atomic mass is 9.75. The van der Waals surface area contributed by atoms with Gasteiger partial charge in [-0.3, -0.25) is 0 Å². The van der Waals surface area contributed by atoms with Crippen LogP contribution in [0.3, 0.4) is 0 Å². The molecule has 3 aliphatic heterocycles. The normalized spacial score (nSPS) is 44.9. The van der Waals surface area contributed by atoms with Crippen LogP contribution in [0.25, 0.3) is 0 Å². The van der Waals surface area contributed by atoms with Crippen LogP contribution in [0.1, 0.15) is 25.7 Å². The first-order valence-corrected chi connectivity index (χ1v) is 17.3. The van der Waals surface area contributed by atoms with Gasteiger partial charge >= 0.3 is 0 Å². The molecule has 4 aliphatic rings. The zero-order valence-electron chi connectivity index (χ0n) is 28.0. The maximum Gasteiger partial charge on any atom is 0.187 e. The maximum absolute atomic E-state index is 11.7. The number of hydrogen-bond donors (Lipinski definition) is 14. The molecule has 3 saturated heterocycles. The Hall–Kier alpha value is -0.800. The predicted molar refractivity (Wildman–Crippen MR) is 170 cm³/mol. The molecule has 0 aromatic rings. The van der Waals surface area contributed by atoms with E-state index in [0.29, 0.717) is 19.4 Å². The number of hydrogen-bond acceptors (Lipinski definition) is 20. The van der Waals surface area contributed by atoms with Crippen molar-refractivity contribution >= 4 is 0 Å². The molecule has 1 aliphatic carbocycles. The summed E-state index contributed by atoms with van der Waals surface area (Å²) >= 11 is 0. The topological polar surface area (TPSA) is 354 Å². The van der Waals surface area contributed by atoms with Gasteiger partial charge < -0.3 is 103 Å². The molecular weight excluding hydrogens is 670 g/mol. The molecule has 294 valence electrons. The summed E-state index contributed by atoms with van der Waals surface area (Å²) in [5, 5.41) is 95.0. The summed E-state index contributed by atoms with van der Waals surface area (Å²) in [7, 11) is 0. The van der Waals surface area contributed by atoms with Crippen molar-refractivity contribution in [3.8, 4) is 0 Å². The van der Waals surface area contributed by atoms with Crippen LogP contribution >= 0.6 is 0 Å². The van der Waals surface area contributed by atoms with Crippen LogP contribution in [-0.4, -0.2) is 196 Å². The number of aliphatic hydroxyl groups is 9. The number of rotatable bonds is 17. The molecule has 4 fully saturated rings. The van der Waals surface area contributed by atoms with E-state index in [2.05, 4.69) is 5.32 Å². The fourth-order valence-corrected chi connectivity index (χ4v) is 7.04. The van der Waals surface area contributed by atoms with Crippen molar-refractivity contribution in [3.63, 3.8) is 0 Å². The van der Waals surface area contributed by atoms with Crippen molar-refractivity contribution in [2.24, 2.45) is 34.8 Å². The first-order valence-electron chi connectivity index (χ1n) is 17.3. The molecule has 0 radical (unpaired) electrons. The molecule has 4 rings (SSSR count). The monoisotopic (exact) mass is 729 g/mol. The van der Waals surface area contributed by atoms with Crippen molar-refractivity contribution in [2.75, 3.05) is 46.1 Å². The van der Waals surface area contributed by atoms with E-state index in [1.807, 2.05) is 0 Å². The van der Waals surface area contributed by atoms with E-state index in [9.17, 15) is 40.9 Å². The molecule has 50 heavy (non-hydrogen) atoms. The van der Waals surface area contributed by atoms with Crippen LogP contribution in [0.2, 0.25) is 0 Å². The predicted octanol–water partition coefficient (Wildman–Crippen LogP) is -7.57. The first kappa shape index (κ1) is 41.9. The minimum atomic E-state index is -1.60. The van der Waals surface area contributed by atoms with Crippen LogP contribution in [0.5, 0.6) is 0 Å². The van der Waals surface area contributed by atoms with Gasteiger partial charge in [0.15, 0.2) is 18.9 Å². The summed E-state index contributed by atoms with van der Waals surface area (Å²) in [4.78, 5) is 0. The van der Waals surface area contributed by atoms with E-state index in [4.69, 9.17) is 56.5 Å². The van der Waals surface area contributed by atoms with E-state index < -0.39 is 123 Å². The smallest absolute Gasteiger partial charge is 0.187 e. The molecule has 0 aromatic heterocycles. The number of nitrogens with two attached hydrogens (primary N) is 4. The van der Waals surface area contributed by atoms with Gasteiger partial charge in [-0.15, -0.1) is 0 Å². The second-order valence-corrected chi connectivity index (χ2v) is 13.8. The largest absolute Gasteiger partial charge is 0.396 e. The van der Waals surface area contributed by atoms with E-state index in [1.54, 1.807) is 0 Å². The fourth-order valence-electron chi connectivity index (χ4n) is 7.04. The first-order chi connectivity index (χ1) is 23.9. The highest BCUT2D eigenvalue weighted by atomic mass is 16.8. The zero-order chi connectivity index (χ0) is 36.7. The van der Waals surface area contributed by atoms with E-state index in [-0.39, 0.29) is 45.2 Å². The van der Waals surface area contributed by atoms with Crippen LogP contribution in [0.15, 0.2) is 0 Å². The quantitative estimate of drug-likeness (QED) is 0.0661. The van der Waals surface area contributed by atoms with Crippen LogP contribution in [0.4, 0.5) is 0 Å². The van der Waals surface area contributed by atoms with Crippen LogP contribution in [-0.2, 0) is 28.4 Å². The van der Waals surface area contributed by atoms with Crippen molar-refractivity contribution in [3.05, 3.63) is 0 Å². The molecule has 20 nitrogen and oxygen atoms in total. The van der Waals surface area contributed by atoms with E-state index >= 15 is 0 Å². The fraction of sp³-hybridized carbons (Fsp3) is 1.00. The highest BCUT2D eigenvalue weighted by Gasteiger charge is 2.54. The average Bonchev–Trinajstić information content (AvgIpc) is 3.41. The van der Waals surface area contributed by atoms with Crippen molar-refractivity contribution in [2.45, 2.75) is 130 Å². The van der Waals surface area contributed by atoms with Gasteiger partial charge in [-0.2, -0.15) is 0 Å². The number of ether oxygens (including phenoxy) is 6. The lowest BCUT2D eigenvalue weighted by molar-refractivity contribution is -0.293. The summed E-state index contributed by atoms with van der Waals surface area (Å²) in [6.45, 7) is -1.40. The number of aliphatic hydroxyl groups excluding tert-OH is 9. The molecule has 0 amide bonds. The Morgan fingerprint density at radius 2 is 1.36 bits per heavy atom. The Morgan fingerprint density at radius 3 is 2.00 bits per heavy atom. The van der Waals surface area contributed by atoms with Crippen molar-refractivity contribution in [1.82, 2.24) is 5.32 Å². The van der Waals surface area contributed by atoms with Crippen LogP contribution < -0.4 is 28.3 Å². The second kappa shape index (κ2) is 19.5. The number of nitrogens with one attached hydrogen (secondary N) is 1. The lowest BCUT2D eigenvalue weighted by Gasteiger charge is -2.47. The van der Waals surface area contributed by atoms with Gasteiger partial charge in [0, 0.05) is 44.8 Å². The summed E-state index contributed by atoms with van der Waals surface area (Å²) < 4.78 is 36.1. The Bertz CT molecular complexity index is 993. The Labute approximate surface area is 290 Å². The lowest BCUT2D eigenvalue weighted by Crippen LogP contribution is -2.64. The van der Waals surface area contributed by atoms with Crippen LogP contribution in [0, 0.1) is 11.8 Å². The molecule has 18 atom stereocenters. The highest BCUT2D eigenvalue weighted by Crippen LogP contribution is 2.38. The third-order valence-electron chi connectivity index (χ3n) is 10.1. The average molecular weight is 730 g/mol. The molecule has 0 aromatic carbocycles. The third-order valence-corrected chi connectivity index (χ3v) is 10.1. The van der Waals surface area contributed by atoms with Crippen molar-refractivity contribution < 1.29 is 74.4 Å². The molecular formula is C30H59N5O15. The van der Waals surface area contributed by atoms with Gasteiger partial charge in [0.05, 0.1) is 43.6 Å². The minimum absolute atomic E-state index is 0.145. The summed E-state index contributed by atoms with van der Waals surface area (Å²) in [5.74, 6) is -1.13. The van der Waals surface area contributed by atoms with Gasteiger partial charge in [0.1, 0.15) is 48.8 Å². The van der Waals surface area contributed by atoms with Gasteiger partial charge in [0.2, 0.25) is 0 Å². The van der Waals surface area contributed by atoms with Gasteiger partial charge in [-0.05, 0) is 31.6 Å². The molecule has 18 N–H and O–H groups in total. The minimum Gasteiger partial charge on any atom is -0.396 e. The molecule has 3 heterocycles. The van der Waals surface area contributed by atoms with Gasteiger partial charge in [-0.1, -0.05) is 0 Å². The Morgan fingerprint density at radius 1 is 0.700 bits per heavy atom. The summed E-state index contributed by atoms with van der Waals surface area (Å²) in [6, 6.07) is -2.61. The molecule has 0 spiro atoms. The maximum atomic E-state index is 11.7. The third kappa shape index (κ3) is 10.0. The van der Waals surface area contributed by atoms with E-state index in [0.717, 1.165) is 0 Å². The van der Waals surface area contributed by atoms with Gasteiger partial charge in [0.25, 0.3) is 0 Å². The summed E-state index contributed by atoms with van der Waals surface area (Å²) in [6.07, 6.45) is -15.3. The Balaban J connectivity index is 1.51. The van der Waals surface area contributed by atoms with E-state index in [1.165, 1.54) is 0 Å².